The van der Waals surface area contributed by atoms with Crippen LogP contribution < -0.4 is 4.72 Å². The molecule has 5 rings (SSSR count). The fourth-order valence-corrected chi connectivity index (χ4v) is 7.03. The van der Waals surface area contributed by atoms with Crippen molar-refractivity contribution in [1.82, 2.24) is 4.72 Å². The Labute approximate surface area is 248 Å². The van der Waals surface area contributed by atoms with E-state index < -0.39 is 16.0 Å². The Bertz CT molecular complexity index is 1620. The van der Waals surface area contributed by atoms with Gasteiger partial charge in [-0.2, -0.15) is 0 Å². The minimum Gasteiger partial charge on any atom is -0.481 e. The van der Waals surface area contributed by atoms with E-state index in [-0.39, 0.29) is 29.4 Å². The number of carbonyl (C=O) groups is 1. The maximum atomic E-state index is 13.5. The molecule has 6 nitrogen and oxygen atoms in total. The van der Waals surface area contributed by atoms with Gasteiger partial charge in [0.05, 0.1) is 17.6 Å². The smallest absolute Gasteiger partial charge is 0.303 e. The molecule has 1 aliphatic carbocycles. The van der Waals surface area contributed by atoms with Crippen molar-refractivity contribution < 1.29 is 23.1 Å². The first-order valence-electron chi connectivity index (χ1n) is 14.5. The molecule has 218 valence electrons. The van der Waals surface area contributed by atoms with E-state index in [0.29, 0.717) is 32.3 Å². The summed E-state index contributed by atoms with van der Waals surface area (Å²) in [7, 11) is -3.73. The second-order valence-corrected chi connectivity index (χ2v) is 12.6. The second-order valence-electron chi connectivity index (χ2n) is 10.9. The van der Waals surface area contributed by atoms with Crippen LogP contribution in [0.3, 0.4) is 0 Å². The zero-order valence-electron chi connectivity index (χ0n) is 23.6. The Morgan fingerprint density at radius 3 is 2.33 bits per heavy atom. The fourth-order valence-electron chi connectivity index (χ4n) is 5.67. The number of ether oxygens (including phenoxy) is 1. The lowest BCUT2D eigenvalue weighted by Crippen LogP contribution is -2.39. The highest BCUT2D eigenvalue weighted by Gasteiger charge is 2.38. The number of rotatable bonds is 13. The molecule has 0 saturated heterocycles. The molecule has 2 N–H and O–H groups in total. The molecule has 0 aliphatic heterocycles. The van der Waals surface area contributed by atoms with Crippen LogP contribution in [0.5, 0.6) is 0 Å². The van der Waals surface area contributed by atoms with Gasteiger partial charge < -0.3 is 9.84 Å². The molecule has 1 aliphatic rings. The topological polar surface area (TPSA) is 92.7 Å². The first kappa shape index (κ1) is 29.7. The summed E-state index contributed by atoms with van der Waals surface area (Å²) in [5.74, 6) is -0.841. The van der Waals surface area contributed by atoms with Crippen molar-refractivity contribution in [2.45, 2.75) is 62.2 Å². The molecule has 0 spiro atoms. The number of aliphatic carboxylic acids is 1. The lowest BCUT2D eigenvalue weighted by Gasteiger charge is -2.25. The van der Waals surface area contributed by atoms with Crippen molar-refractivity contribution in [3.63, 3.8) is 0 Å². The number of nitrogens with one attached hydrogen (secondary N) is 1. The molecule has 0 radical (unpaired) electrons. The number of carboxylic acid groups (broad SMARTS) is 1. The molecule has 7 heteroatoms. The standard InChI is InChI=1S/C35H37NO5S/c37-35(38)15-7-2-1-6-14-32-33(36-42(39,40)31-21-20-28-12-8-9-13-30(28)24-31)22-23-34(32)41-25-26-16-18-29(19-17-26)27-10-4-3-5-11-27/h1,3-6,8-13,16-21,24,32-34,36H,2,7,14-15,22-23,25H2,(H,37,38)/t32-,33+,34+/m1/s1. The lowest BCUT2D eigenvalue weighted by molar-refractivity contribution is -0.137. The molecule has 3 atom stereocenters. The van der Waals surface area contributed by atoms with Crippen molar-refractivity contribution >= 4 is 26.8 Å². The monoisotopic (exact) mass is 583 g/mol. The van der Waals surface area contributed by atoms with Gasteiger partial charge in [0.1, 0.15) is 0 Å². The van der Waals surface area contributed by atoms with E-state index in [4.69, 9.17) is 9.84 Å². The molecule has 1 saturated carbocycles. The van der Waals surface area contributed by atoms with Crippen molar-refractivity contribution in [2.75, 3.05) is 0 Å². The van der Waals surface area contributed by atoms with Crippen molar-refractivity contribution in [1.29, 1.82) is 0 Å². The Kier molecular flexibility index (Phi) is 9.85. The van der Waals surface area contributed by atoms with Gasteiger partial charge in [0.2, 0.25) is 10.0 Å². The number of allylic oxidation sites excluding steroid dienone is 2. The summed E-state index contributed by atoms with van der Waals surface area (Å²) < 4.78 is 36.3. The van der Waals surface area contributed by atoms with Crippen LogP contribution in [0.1, 0.15) is 44.1 Å². The highest BCUT2D eigenvalue weighted by molar-refractivity contribution is 7.89. The first-order valence-corrected chi connectivity index (χ1v) is 16.0. The van der Waals surface area contributed by atoms with Crippen molar-refractivity contribution in [3.8, 4) is 11.1 Å². The Hall–Kier alpha value is -3.78. The highest BCUT2D eigenvalue weighted by Crippen LogP contribution is 2.34. The Morgan fingerprint density at radius 1 is 0.857 bits per heavy atom. The molecule has 4 aromatic rings. The quantitative estimate of drug-likeness (QED) is 0.127. The fraction of sp³-hybridized carbons (Fsp3) is 0.286. The number of sulfonamides is 1. The van der Waals surface area contributed by atoms with E-state index in [9.17, 15) is 13.2 Å². The van der Waals surface area contributed by atoms with E-state index in [1.165, 1.54) is 0 Å². The van der Waals surface area contributed by atoms with Crippen LogP contribution in [0.2, 0.25) is 0 Å². The van der Waals surface area contributed by atoms with E-state index in [2.05, 4.69) is 41.1 Å². The predicted molar refractivity (Wildman–Crippen MR) is 166 cm³/mol. The molecular formula is C35H37NO5S. The molecule has 0 heterocycles. The van der Waals surface area contributed by atoms with E-state index in [0.717, 1.165) is 33.9 Å². The van der Waals surface area contributed by atoms with E-state index in [1.54, 1.807) is 12.1 Å². The van der Waals surface area contributed by atoms with Crippen LogP contribution >= 0.6 is 0 Å². The summed E-state index contributed by atoms with van der Waals surface area (Å²) in [6.45, 7) is 0.447. The van der Waals surface area contributed by atoms with Gasteiger partial charge in [-0.05, 0) is 71.7 Å². The van der Waals surface area contributed by atoms with Crippen molar-refractivity contribution in [3.05, 3.63) is 115 Å². The van der Waals surface area contributed by atoms with Crippen LogP contribution in [0, 0.1) is 5.92 Å². The SMILES string of the molecule is O=C(O)CCCC=CC[C@@H]1[C@@H](NS(=O)(=O)c2ccc3ccccc3c2)CC[C@@H]1OCc1ccc(-c2ccccc2)cc1. The summed E-state index contributed by atoms with van der Waals surface area (Å²) in [6, 6.07) is 31.2. The zero-order valence-corrected chi connectivity index (χ0v) is 24.4. The maximum Gasteiger partial charge on any atom is 0.303 e. The van der Waals surface area contributed by atoms with Crippen LogP contribution in [0.25, 0.3) is 21.9 Å². The van der Waals surface area contributed by atoms with Gasteiger partial charge in [-0.25, -0.2) is 13.1 Å². The van der Waals surface area contributed by atoms with Gasteiger partial charge in [0.25, 0.3) is 0 Å². The number of hydrogen-bond donors (Lipinski definition) is 2. The number of unbranched alkanes of at least 4 members (excludes halogenated alkanes) is 1. The van der Waals surface area contributed by atoms with Gasteiger partial charge in [0.15, 0.2) is 0 Å². The van der Waals surface area contributed by atoms with Crippen molar-refractivity contribution in [2.24, 2.45) is 5.92 Å². The Morgan fingerprint density at radius 2 is 1.57 bits per heavy atom. The minimum atomic E-state index is -3.73. The average molecular weight is 584 g/mol. The third-order valence-electron chi connectivity index (χ3n) is 7.96. The summed E-state index contributed by atoms with van der Waals surface area (Å²) in [4.78, 5) is 11.1. The van der Waals surface area contributed by atoms with E-state index in [1.807, 2.05) is 60.7 Å². The maximum absolute atomic E-state index is 13.5. The van der Waals surface area contributed by atoms with E-state index >= 15 is 0 Å². The predicted octanol–water partition coefficient (Wildman–Crippen LogP) is 7.35. The largest absolute Gasteiger partial charge is 0.481 e. The molecule has 0 aromatic heterocycles. The molecule has 4 aromatic carbocycles. The molecule has 0 amide bonds. The molecule has 0 bridgehead atoms. The van der Waals surface area contributed by atoms with Gasteiger partial charge in [-0.3, -0.25) is 4.79 Å². The van der Waals surface area contributed by atoms with Gasteiger partial charge in [-0.15, -0.1) is 0 Å². The molecule has 0 unspecified atom stereocenters. The summed E-state index contributed by atoms with van der Waals surface area (Å²) >= 11 is 0. The summed E-state index contributed by atoms with van der Waals surface area (Å²) in [6.07, 6.45) is 7.40. The summed E-state index contributed by atoms with van der Waals surface area (Å²) in [5.41, 5.74) is 3.38. The highest BCUT2D eigenvalue weighted by atomic mass is 32.2. The van der Waals surface area contributed by atoms with Gasteiger partial charge in [0, 0.05) is 18.4 Å². The number of benzene rings is 4. The normalized spacial score (nSPS) is 19.0. The van der Waals surface area contributed by atoms with Crippen LogP contribution in [-0.2, 0) is 26.2 Å². The Balaban J connectivity index is 1.27. The van der Waals surface area contributed by atoms with Crippen LogP contribution in [-0.4, -0.2) is 31.6 Å². The first-order chi connectivity index (χ1) is 20.4. The molecule has 42 heavy (non-hydrogen) atoms. The molecule has 1 fully saturated rings. The third-order valence-corrected chi connectivity index (χ3v) is 9.44. The number of hydrogen-bond acceptors (Lipinski definition) is 4. The van der Waals surface area contributed by atoms with Gasteiger partial charge >= 0.3 is 5.97 Å². The van der Waals surface area contributed by atoms with Gasteiger partial charge in [-0.1, -0.05) is 97.1 Å². The zero-order chi connectivity index (χ0) is 29.4. The minimum absolute atomic E-state index is 0.0421. The third kappa shape index (κ3) is 7.73. The lowest BCUT2D eigenvalue weighted by atomic mass is 9.97. The van der Waals surface area contributed by atoms with Crippen LogP contribution in [0.15, 0.2) is 114 Å². The summed E-state index contributed by atoms with van der Waals surface area (Å²) in [5, 5.41) is 10.8. The number of carboxylic acids is 1. The van der Waals surface area contributed by atoms with Crippen LogP contribution in [0.4, 0.5) is 0 Å². The molecular weight excluding hydrogens is 546 g/mol. The second kappa shape index (κ2) is 13.9. The number of fused-ring (bicyclic) bond motifs is 1. The average Bonchev–Trinajstić information content (AvgIpc) is 3.38.